The van der Waals surface area contributed by atoms with Crippen LogP contribution in [0.15, 0.2) is 30.9 Å². The number of imidazole rings is 1. The van der Waals surface area contributed by atoms with Gasteiger partial charge in [-0.1, -0.05) is 6.08 Å². The van der Waals surface area contributed by atoms with E-state index in [1.165, 1.54) is 3.57 Å². The number of benzene rings is 1. The lowest BCUT2D eigenvalue weighted by atomic mass is 10.3. The van der Waals surface area contributed by atoms with Crippen LogP contribution in [0.5, 0.6) is 0 Å². The maximum atomic E-state index is 5.52. The molecule has 0 unspecified atom stereocenters. The number of halogens is 1. The van der Waals surface area contributed by atoms with E-state index in [1.54, 1.807) is 0 Å². The van der Waals surface area contributed by atoms with Crippen LogP contribution >= 0.6 is 34.8 Å². The molecule has 0 saturated carbocycles. The number of hydrogen-bond acceptors (Lipinski definition) is 2. The topological polar surface area (TPSA) is 29.9 Å². The van der Waals surface area contributed by atoms with E-state index >= 15 is 0 Å². The van der Waals surface area contributed by atoms with Gasteiger partial charge in [0.05, 0.1) is 24.2 Å². The smallest absolute Gasteiger partial charge is 0.178 e. The van der Waals surface area contributed by atoms with Crippen LogP contribution in [-0.2, 0) is 11.3 Å². The second kappa shape index (κ2) is 6.49. The first-order valence-corrected chi connectivity index (χ1v) is 7.28. The molecule has 0 radical (unpaired) electrons. The van der Waals surface area contributed by atoms with E-state index in [1.807, 2.05) is 6.08 Å². The van der Waals surface area contributed by atoms with Crippen molar-refractivity contribution in [3.8, 4) is 0 Å². The van der Waals surface area contributed by atoms with E-state index < -0.39 is 0 Å². The second-order valence-electron chi connectivity index (χ2n) is 3.93. The fourth-order valence-corrected chi connectivity index (χ4v) is 2.57. The fourth-order valence-electron chi connectivity index (χ4n) is 1.78. The molecular weight excluding hydrogens is 359 g/mol. The number of nitrogens with zero attached hydrogens (tertiary/aromatic N) is 1. The lowest BCUT2D eigenvalue weighted by molar-refractivity contribution is 0.131. The molecule has 0 atom stereocenters. The van der Waals surface area contributed by atoms with Gasteiger partial charge in [0, 0.05) is 10.1 Å². The molecule has 3 nitrogen and oxygen atoms in total. The van der Waals surface area contributed by atoms with Gasteiger partial charge in [-0.25, -0.2) is 0 Å². The Morgan fingerprint density at radius 2 is 2.28 bits per heavy atom. The van der Waals surface area contributed by atoms with Crippen LogP contribution in [0.3, 0.4) is 0 Å². The third kappa shape index (κ3) is 3.21. The van der Waals surface area contributed by atoms with Crippen LogP contribution in [0.2, 0.25) is 0 Å². The normalized spacial score (nSPS) is 10.9. The van der Waals surface area contributed by atoms with Crippen molar-refractivity contribution in [2.75, 3.05) is 13.2 Å². The van der Waals surface area contributed by atoms with Gasteiger partial charge in [-0.05, 0) is 59.4 Å². The Bertz CT molecular complexity index is 603. The quantitative estimate of drug-likeness (QED) is 0.360. The van der Waals surface area contributed by atoms with E-state index in [0.29, 0.717) is 6.61 Å². The molecule has 2 rings (SSSR count). The monoisotopic (exact) mass is 374 g/mol. The number of fused-ring (bicyclic) bond motifs is 1. The van der Waals surface area contributed by atoms with Crippen LogP contribution < -0.4 is 0 Å². The van der Waals surface area contributed by atoms with Gasteiger partial charge in [0.2, 0.25) is 0 Å². The van der Waals surface area contributed by atoms with Crippen molar-refractivity contribution in [3.05, 3.63) is 39.2 Å². The van der Waals surface area contributed by atoms with E-state index in [0.717, 1.165) is 35.4 Å². The van der Waals surface area contributed by atoms with Crippen LogP contribution in [0.25, 0.3) is 11.0 Å². The lowest BCUT2D eigenvalue weighted by Crippen LogP contribution is -2.06. The third-order valence-electron chi connectivity index (χ3n) is 2.66. The van der Waals surface area contributed by atoms with Gasteiger partial charge in [0.25, 0.3) is 0 Å². The highest BCUT2D eigenvalue weighted by atomic mass is 127. The SMILES string of the molecule is C=CCCOCCn1c(=S)[nH]c2cc(I)ccc21. The summed E-state index contributed by atoms with van der Waals surface area (Å²) in [7, 11) is 0. The van der Waals surface area contributed by atoms with Crippen LogP contribution in [0.4, 0.5) is 0 Å². The van der Waals surface area contributed by atoms with Crippen molar-refractivity contribution in [2.24, 2.45) is 0 Å². The van der Waals surface area contributed by atoms with Crippen molar-refractivity contribution in [1.29, 1.82) is 0 Å². The molecule has 0 aliphatic carbocycles. The molecule has 0 bridgehead atoms. The number of aromatic amines is 1. The number of aromatic nitrogens is 2. The van der Waals surface area contributed by atoms with Crippen LogP contribution in [-0.4, -0.2) is 22.8 Å². The Hall–Kier alpha value is -0.660. The molecule has 0 amide bonds. The highest BCUT2D eigenvalue weighted by Gasteiger charge is 2.04. The summed E-state index contributed by atoms with van der Waals surface area (Å²) in [5.74, 6) is 0. The second-order valence-corrected chi connectivity index (χ2v) is 5.57. The van der Waals surface area contributed by atoms with Gasteiger partial charge < -0.3 is 14.3 Å². The molecular formula is C13H15IN2OS. The standard InChI is InChI=1S/C13H15IN2OS/c1-2-3-7-17-8-6-16-12-5-4-10(14)9-11(12)15-13(16)18/h2,4-5,9H,1,3,6-8H2,(H,15,18). The van der Waals surface area contributed by atoms with Crippen molar-refractivity contribution >= 4 is 45.8 Å². The van der Waals surface area contributed by atoms with E-state index in [2.05, 4.69) is 56.9 Å². The highest BCUT2D eigenvalue weighted by Crippen LogP contribution is 2.17. The van der Waals surface area contributed by atoms with Gasteiger partial charge >= 0.3 is 0 Å². The van der Waals surface area contributed by atoms with Crippen molar-refractivity contribution in [3.63, 3.8) is 0 Å². The van der Waals surface area contributed by atoms with Gasteiger partial charge in [0.15, 0.2) is 4.77 Å². The number of rotatable bonds is 6. The Kier molecular flexibility index (Phi) is 4.96. The van der Waals surface area contributed by atoms with E-state index in [-0.39, 0.29) is 0 Å². The summed E-state index contributed by atoms with van der Waals surface area (Å²) in [6.45, 7) is 5.83. The number of H-pyrrole nitrogens is 1. The van der Waals surface area contributed by atoms with E-state index in [4.69, 9.17) is 17.0 Å². The Morgan fingerprint density at radius 1 is 1.44 bits per heavy atom. The minimum Gasteiger partial charge on any atom is -0.379 e. The molecule has 0 spiro atoms. The predicted molar refractivity (Wildman–Crippen MR) is 85.5 cm³/mol. The van der Waals surface area contributed by atoms with Gasteiger partial charge in [-0.2, -0.15) is 0 Å². The first kappa shape index (κ1) is 13.8. The minimum atomic E-state index is 0.668. The molecule has 1 aromatic carbocycles. The third-order valence-corrected chi connectivity index (χ3v) is 3.66. The van der Waals surface area contributed by atoms with Crippen LogP contribution in [0.1, 0.15) is 6.42 Å². The molecule has 0 aliphatic heterocycles. The molecule has 18 heavy (non-hydrogen) atoms. The molecule has 0 aliphatic rings. The molecule has 96 valence electrons. The minimum absolute atomic E-state index is 0.668. The summed E-state index contributed by atoms with van der Waals surface area (Å²) in [6, 6.07) is 6.27. The van der Waals surface area contributed by atoms with Gasteiger partial charge in [0.1, 0.15) is 0 Å². The average molecular weight is 374 g/mol. The maximum absolute atomic E-state index is 5.52. The summed E-state index contributed by atoms with van der Waals surface area (Å²) in [5.41, 5.74) is 2.21. The first-order valence-electron chi connectivity index (χ1n) is 5.79. The first-order chi connectivity index (χ1) is 8.72. The molecule has 5 heteroatoms. The maximum Gasteiger partial charge on any atom is 0.178 e. The van der Waals surface area contributed by atoms with Crippen LogP contribution in [0, 0.1) is 8.34 Å². The number of nitrogens with one attached hydrogen (secondary N) is 1. The fraction of sp³-hybridized carbons (Fsp3) is 0.308. The predicted octanol–water partition coefficient (Wildman–Crippen LogP) is 3.90. The zero-order valence-corrected chi connectivity index (χ0v) is 13.0. The molecule has 0 saturated heterocycles. The molecule has 2 aromatic rings. The highest BCUT2D eigenvalue weighted by molar-refractivity contribution is 14.1. The van der Waals surface area contributed by atoms with Gasteiger partial charge in [-0.15, -0.1) is 6.58 Å². The molecule has 1 aromatic heterocycles. The summed E-state index contributed by atoms with van der Waals surface area (Å²) in [5, 5.41) is 0. The number of hydrogen-bond donors (Lipinski definition) is 1. The van der Waals surface area contributed by atoms with Gasteiger partial charge in [-0.3, -0.25) is 0 Å². The zero-order valence-electron chi connectivity index (χ0n) is 9.99. The molecule has 1 heterocycles. The lowest BCUT2D eigenvalue weighted by Gasteiger charge is -2.05. The summed E-state index contributed by atoms with van der Waals surface area (Å²) in [4.78, 5) is 3.22. The van der Waals surface area contributed by atoms with Crippen molar-refractivity contribution < 1.29 is 4.74 Å². The summed E-state index contributed by atoms with van der Waals surface area (Å²) in [6.07, 6.45) is 2.75. The largest absolute Gasteiger partial charge is 0.379 e. The average Bonchev–Trinajstić information content (AvgIpc) is 2.64. The zero-order chi connectivity index (χ0) is 13.0. The summed E-state index contributed by atoms with van der Waals surface area (Å²) >= 11 is 7.63. The van der Waals surface area contributed by atoms with Crippen molar-refractivity contribution in [2.45, 2.75) is 13.0 Å². The Labute approximate surface area is 125 Å². The molecule has 1 N–H and O–H groups in total. The molecule has 0 fully saturated rings. The van der Waals surface area contributed by atoms with Crippen molar-refractivity contribution in [1.82, 2.24) is 9.55 Å². The Morgan fingerprint density at radius 3 is 3.06 bits per heavy atom. The summed E-state index contributed by atoms with van der Waals surface area (Å²) < 4.78 is 9.55. The number of ether oxygens (including phenoxy) is 1. The Balaban J connectivity index is 2.10. The van der Waals surface area contributed by atoms with E-state index in [9.17, 15) is 0 Å².